The largest absolute Gasteiger partial charge is 0.477 e. The lowest BCUT2D eigenvalue weighted by Crippen LogP contribution is -2.47. The van der Waals surface area contributed by atoms with Crippen molar-refractivity contribution in [3.63, 3.8) is 0 Å². The molecule has 35 heavy (non-hydrogen) atoms. The van der Waals surface area contributed by atoms with E-state index in [-0.39, 0.29) is 41.8 Å². The fraction of sp³-hybridized carbons (Fsp3) is 0.480. The van der Waals surface area contributed by atoms with Gasteiger partial charge in [-0.1, -0.05) is 6.08 Å². The lowest BCUT2D eigenvalue weighted by atomic mass is 10.0. The molecule has 1 unspecified atom stereocenters. The lowest BCUT2D eigenvalue weighted by molar-refractivity contribution is 0.0198. The minimum atomic E-state index is -1.44. The molecule has 3 heterocycles. The van der Waals surface area contributed by atoms with Crippen LogP contribution in [0, 0.1) is 11.6 Å². The summed E-state index contributed by atoms with van der Waals surface area (Å²) in [5, 5.41) is 9.13. The van der Waals surface area contributed by atoms with Crippen molar-refractivity contribution < 1.29 is 28.2 Å². The fourth-order valence-corrected chi connectivity index (χ4v) is 4.98. The van der Waals surface area contributed by atoms with Crippen molar-refractivity contribution >= 4 is 28.7 Å². The molecule has 3 aliphatic rings. The molecule has 2 fully saturated rings. The second kappa shape index (κ2) is 8.07. The van der Waals surface area contributed by atoms with Crippen LogP contribution in [0.25, 0.3) is 10.9 Å². The Morgan fingerprint density at radius 3 is 2.54 bits per heavy atom. The Kier molecular flexibility index (Phi) is 5.37. The van der Waals surface area contributed by atoms with Crippen LogP contribution in [0.5, 0.6) is 0 Å². The van der Waals surface area contributed by atoms with Gasteiger partial charge in [-0.15, -0.1) is 0 Å². The van der Waals surface area contributed by atoms with Gasteiger partial charge >= 0.3 is 12.1 Å². The number of hydrogen-bond donors (Lipinski definition) is 1. The molecule has 1 atom stereocenters. The number of rotatable bonds is 3. The average molecular weight is 488 g/mol. The molecule has 1 amide bonds. The van der Waals surface area contributed by atoms with E-state index in [1.54, 1.807) is 25.7 Å². The molecule has 2 aromatic rings. The van der Waals surface area contributed by atoms with Gasteiger partial charge in [0.15, 0.2) is 5.82 Å². The van der Waals surface area contributed by atoms with E-state index >= 15 is 8.78 Å². The van der Waals surface area contributed by atoms with Crippen LogP contribution in [0.4, 0.5) is 19.3 Å². The highest BCUT2D eigenvalue weighted by Gasteiger charge is 2.40. The van der Waals surface area contributed by atoms with Crippen molar-refractivity contribution in [2.75, 3.05) is 24.5 Å². The zero-order chi connectivity index (χ0) is 25.2. The number of pyridine rings is 1. The third-order valence-corrected chi connectivity index (χ3v) is 6.65. The predicted octanol–water partition coefficient (Wildman–Crippen LogP) is 4.07. The van der Waals surface area contributed by atoms with Gasteiger partial charge < -0.3 is 19.3 Å². The normalized spacial score (nSPS) is 20.1. The second-order valence-electron chi connectivity index (χ2n) is 10.4. The minimum absolute atomic E-state index is 0.0910. The first kappa shape index (κ1) is 23.3. The van der Waals surface area contributed by atoms with Crippen LogP contribution in [-0.4, -0.2) is 57.9 Å². The van der Waals surface area contributed by atoms with Crippen molar-refractivity contribution in [3.8, 4) is 0 Å². The Bertz CT molecular complexity index is 1340. The predicted molar refractivity (Wildman–Crippen MR) is 125 cm³/mol. The fourth-order valence-electron chi connectivity index (χ4n) is 4.98. The van der Waals surface area contributed by atoms with Gasteiger partial charge in [-0.05, 0) is 51.7 Å². The lowest BCUT2D eigenvalue weighted by Gasteiger charge is -2.34. The summed E-state index contributed by atoms with van der Waals surface area (Å²) >= 11 is 0. The van der Waals surface area contributed by atoms with E-state index in [4.69, 9.17) is 4.74 Å². The zero-order valence-electron chi connectivity index (χ0n) is 19.8. The maximum absolute atomic E-state index is 16.0. The number of carbonyl (C=O) groups is 2. The topological polar surface area (TPSA) is 92.1 Å². The van der Waals surface area contributed by atoms with Gasteiger partial charge in [0.1, 0.15) is 22.7 Å². The molecule has 1 N–H and O–H groups in total. The molecule has 5 rings (SSSR count). The number of aromatic nitrogens is 1. The van der Waals surface area contributed by atoms with Gasteiger partial charge in [-0.3, -0.25) is 9.69 Å². The van der Waals surface area contributed by atoms with E-state index in [1.165, 1.54) is 9.47 Å². The number of halogens is 2. The maximum atomic E-state index is 16.0. The number of ether oxygens (including phenoxy) is 1. The molecule has 10 heteroatoms. The van der Waals surface area contributed by atoms with E-state index in [0.717, 1.165) is 17.8 Å². The van der Waals surface area contributed by atoms with Gasteiger partial charge in [-0.2, -0.15) is 0 Å². The minimum Gasteiger partial charge on any atom is -0.477 e. The van der Waals surface area contributed by atoms with Crippen LogP contribution in [0.15, 0.2) is 28.7 Å². The first-order valence-corrected chi connectivity index (χ1v) is 11.7. The number of amides is 1. The molecular formula is C25H27F2N3O5. The number of carbonyl (C=O) groups excluding carboxylic acids is 1. The Labute approximate surface area is 200 Å². The van der Waals surface area contributed by atoms with Gasteiger partial charge in [0.2, 0.25) is 5.43 Å². The van der Waals surface area contributed by atoms with Crippen LogP contribution in [0.2, 0.25) is 0 Å². The molecule has 0 radical (unpaired) electrons. The van der Waals surface area contributed by atoms with Crippen molar-refractivity contribution in [1.29, 1.82) is 0 Å². The van der Waals surface area contributed by atoms with Crippen LogP contribution in [0.1, 0.15) is 56.4 Å². The molecule has 0 bridgehead atoms. The van der Waals surface area contributed by atoms with Crippen LogP contribution in [-0.2, 0) is 4.74 Å². The third kappa shape index (κ3) is 4.04. The molecule has 186 valence electrons. The van der Waals surface area contributed by atoms with E-state index in [2.05, 4.69) is 0 Å². The van der Waals surface area contributed by atoms with Crippen molar-refractivity contribution in [3.05, 3.63) is 51.3 Å². The summed E-state index contributed by atoms with van der Waals surface area (Å²) in [5.41, 5.74) is -1.60. The molecule has 1 saturated heterocycles. The van der Waals surface area contributed by atoms with E-state index in [1.807, 2.05) is 6.08 Å². The number of aromatic carboxylic acids is 1. The van der Waals surface area contributed by atoms with Gasteiger partial charge in [-0.25, -0.2) is 18.4 Å². The first-order chi connectivity index (χ1) is 16.5. The summed E-state index contributed by atoms with van der Waals surface area (Å²) in [6.07, 6.45) is 4.71. The average Bonchev–Trinajstić information content (AvgIpc) is 3.51. The van der Waals surface area contributed by atoms with Crippen molar-refractivity contribution in [2.45, 2.75) is 57.7 Å². The highest BCUT2D eigenvalue weighted by Crippen LogP contribution is 2.41. The zero-order valence-corrected chi connectivity index (χ0v) is 19.8. The second-order valence-corrected chi connectivity index (χ2v) is 10.4. The summed E-state index contributed by atoms with van der Waals surface area (Å²) in [6, 6.07) is 0.410. The molecule has 1 aliphatic carbocycles. The van der Waals surface area contributed by atoms with Gasteiger partial charge in [0, 0.05) is 31.9 Å². The molecule has 1 saturated carbocycles. The van der Waals surface area contributed by atoms with Gasteiger partial charge in [0.25, 0.3) is 0 Å². The molecule has 0 spiro atoms. The summed E-state index contributed by atoms with van der Waals surface area (Å²) in [5.74, 6) is -3.28. The standard InChI is InChI=1S/C25H27F2N3O5/c1-25(2,3)35-24(34)29-8-4-5-13-10-28(12-18(13)29)21-17(26)9-15-20(19(21)27)30(14-6-7-14)11-16(22(15)31)23(32)33/h5,9,11,14,18H,4,6-8,10,12H2,1-3H3,(H,32,33). The Balaban J connectivity index is 1.57. The number of fused-ring (bicyclic) bond motifs is 2. The molecule has 1 aromatic carbocycles. The van der Waals surface area contributed by atoms with Crippen molar-refractivity contribution in [1.82, 2.24) is 9.47 Å². The van der Waals surface area contributed by atoms with E-state index in [9.17, 15) is 19.5 Å². The van der Waals surface area contributed by atoms with E-state index < -0.39 is 40.3 Å². The number of hydrogen-bond acceptors (Lipinski definition) is 5. The summed E-state index contributed by atoms with van der Waals surface area (Å²) in [4.78, 5) is 40.2. The molecule has 1 aromatic heterocycles. The number of carboxylic acids is 1. The molecule has 2 aliphatic heterocycles. The monoisotopic (exact) mass is 487 g/mol. The molecular weight excluding hydrogens is 460 g/mol. The highest BCUT2D eigenvalue weighted by atomic mass is 19.1. The number of benzene rings is 1. The Morgan fingerprint density at radius 1 is 1.20 bits per heavy atom. The summed E-state index contributed by atoms with van der Waals surface area (Å²) in [7, 11) is 0. The first-order valence-electron chi connectivity index (χ1n) is 11.7. The highest BCUT2D eigenvalue weighted by molar-refractivity contribution is 5.94. The van der Waals surface area contributed by atoms with Crippen LogP contribution in [0.3, 0.4) is 0 Å². The van der Waals surface area contributed by atoms with Crippen LogP contribution < -0.4 is 10.3 Å². The van der Waals surface area contributed by atoms with E-state index in [0.29, 0.717) is 25.8 Å². The van der Waals surface area contributed by atoms with Crippen LogP contribution >= 0.6 is 0 Å². The number of anilines is 1. The Hall–Kier alpha value is -3.43. The van der Waals surface area contributed by atoms with Crippen molar-refractivity contribution in [2.24, 2.45) is 0 Å². The smallest absolute Gasteiger partial charge is 0.410 e. The summed E-state index contributed by atoms with van der Waals surface area (Å²) < 4.78 is 38.3. The quantitative estimate of drug-likeness (QED) is 0.657. The van der Waals surface area contributed by atoms with Gasteiger partial charge in [0.05, 0.1) is 16.9 Å². The Morgan fingerprint density at radius 2 is 1.91 bits per heavy atom. The molecule has 8 nitrogen and oxygen atoms in total. The number of carboxylic acid groups (broad SMARTS) is 1. The number of nitrogens with zero attached hydrogens (tertiary/aromatic N) is 3. The maximum Gasteiger partial charge on any atom is 0.410 e. The third-order valence-electron chi connectivity index (χ3n) is 6.65. The SMILES string of the molecule is CC(C)(C)OC(=O)N1CCC=C2CN(c3c(F)cc4c(=O)c(C(=O)O)cn(C5CC5)c4c3F)CC21. The summed E-state index contributed by atoms with van der Waals surface area (Å²) in [6.45, 7) is 6.18.